The summed E-state index contributed by atoms with van der Waals surface area (Å²) in [6, 6.07) is 11.0. The second kappa shape index (κ2) is 5.81. The van der Waals surface area contributed by atoms with Gasteiger partial charge in [-0.25, -0.2) is 4.79 Å². The smallest absolute Gasteiger partial charge is 0.338 e. The topological polar surface area (TPSA) is 47.9 Å². The van der Waals surface area contributed by atoms with E-state index in [1.807, 2.05) is 24.3 Å². The zero-order valence-corrected chi connectivity index (χ0v) is 13.0. The number of benzene rings is 2. The van der Waals surface area contributed by atoms with Gasteiger partial charge in [0.1, 0.15) is 12.8 Å². The molecule has 0 amide bonds. The van der Waals surface area contributed by atoms with Gasteiger partial charge in [-0.3, -0.25) is 0 Å². The van der Waals surface area contributed by atoms with E-state index in [9.17, 15) is 4.79 Å². The minimum Gasteiger partial charge on any atom is -0.462 e. The molecule has 0 unspecified atom stereocenters. The number of hydrogen-bond donors (Lipinski definition) is 0. The van der Waals surface area contributed by atoms with E-state index in [1.165, 1.54) is 7.11 Å². The van der Waals surface area contributed by atoms with Gasteiger partial charge in [-0.2, -0.15) is 0 Å². The van der Waals surface area contributed by atoms with Crippen LogP contribution in [0, 0.1) is 0 Å². The number of fused-ring (bicyclic) bond motifs is 3. The molecule has 0 saturated carbocycles. The van der Waals surface area contributed by atoms with E-state index >= 15 is 0 Å². The van der Waals surface area contributed by atoms with Gasteiger partial charge in [-0.15, -0.1) is 0 Å². The lowest BCUT2D eigenvalue weighted by atomic mass is 10.0. The molecule has 3 rings (SSSR count). The number of ether oxygens (including phenoxy) is 1. The molecule has 0 heterocycles. The second-order valence-electron chi connectivity index (χ2n) is 4.79. The molecule has 1 aliphatic carbocycles. The first kappa shape index (κ1) is 14.6. The summed E-state index contributed by atoms with van der Waals surface area (Å²) in [5.74, 6) is -0.351. The van der Waals surface area contributed by atoms with Crippen LogP contribution in [0.1, 0.15) is 28.4 Å². The molecule has 0 fully saturated rings. The van der Waals surface area contributed by atoms with Crippen LogP contribution in [0.4, 0.5) is 0 Å². The number of esters is 1. The average Bonchev–Trinajstić information content (AvgIpc) is 2.81. The Hall–Kier alpha value is -2.33. The molecule has 1 aliphatic rings. The number of oxime groups is 1. The lowest BCUT2D eigenvalue weighted by Gasteiger charge is -2.05. The fourth-order valence-corrected chi connectivity index (χ4v) is 2.77. The van der Waals surface area contributed by atoms with E-state index in [2.05, 4.69) is 5.16 Å². The van der Waals surface area contributed by atoms with Crippen LogP contribution in [-0.2, 0) is 9.57 Å². The first-order valence-electron chi connectivity index (χ1n) is 6.88. The van der Waals surface area contributed by atoms with Crippen LogP contribution in [0.25, 0.3) is 11.1 Å². The Kier molecular flexibility index (Phi) is 3.86. The standard InChI is InChI=1S/C17H14ClNO3/c1-3-22-17(20)10-4-6-12-14-9-11(18)5-7-13(14)16(19-21-2)15(12)8-10/h4-9H,3H2,1-2H3/b19-16+. The van der Waals surface area contributed by atoms with Crippen LogP contribution in [-0.4, -0.2) is 25.4 Å². The maximum Gasteiger partial charge on any atom is 0.338 e. The Morgan fingerprint density at radius 2 is 1.86 bits per heavy atom. The van der Waals surface area contributed by atoms with Crippen LogP contribution >= 0.6 is 11.6 Å². The highest BCUT2D eigenvalue weighted by molar-refractivity contribution is 6.32. The third-order valence-corrected chi connectivity index (χ3v) is 3.73. The Bertz CT molecular complexity index is 783. The lowest BCUT2D eigenvalue weighted by molar-refractivity contribution is 0.0526. The molecule has 112 valence electrons. The van der Waals surface area contributed by atoms with E-state index in [1.54, 1.807) is 19.1 Å². The van der Waals surface area contributed by atoms with E-state index in [4.69, 9.17) is 21.2 Å². The summed E-state index contributed by atoms with van der Waals surface area (Å²) < 4.78 is 5.05. The van der Waals surface area contributed by atoms with Crippen molar-refractivity contribution < 1.29 is 14.4 Å². The first-order valence-corrected chi connectivity index (χ1v) is 7.26. The van der Waals surface area contributed by atoms with Crippen molar-refractivity contribution in [2.45, 2.75) is 6.92 Å². The molecule has 0 atom stereocenters. The van der Waals surface area contributed by atoms with Crippen molar-refractivity contribution in [3.05, 3.63) is 58.1 Å². The Morgan fingerprint density at radius 3 is 2.59 bits per heavy atom. The molecule has 2 aromatic rings. The molecule has 2 aromatic carbocycles. The van der Waals surface area contributed by atoms with Crippen LogP contribution in [0.15, 0.2) is 41.6 Å². The highest BCUT2D eigenvalue weighted by atomic mass is 35.5. The summed E-state index contributed by atoms with van der Waals surface area (Å²) >= 11 is 6.09. The molecule has 5 heteroatoms. The summed E-state index contributed by atoms with van der Waals surface area (Å²) in [6.07, 6.45) is 0. The van der Waals surface area contributed by atoms with E-state index in [0.29, 0.717) is 22.9 Å². The van der Waals surface area contributed by atoms with Gasteiger partial charge >= 0.3 is 5.97 Å². The molecule has 0 aliphatic heterocycles. The first-order chi connectivity index (χ1) is 10.7. The molecular formula is C17H14ClNO3. The maximum atomic E-state index is 11.9. The van der Waals surface area contributed by atoms with Crippen LogP contribution < -0.4 is 0 Å². The normalized spacial score (nSPS) is 13.7. The van der Waals surface area contributed by atoms with Crippen LogP contribution in [0.3, 0.4) is 0 Å². The van der Waals surface area contributed by atoms with Crippen molar-refractivity contribution in [3.63, 3.8) is 0 Å². The molecular weight excluding hydrogens is 302 g/mol. The van der Waals surface area contributed by atoms with Crippen LogP contribution in [0.2, 0.25) is 5.02 Å². The third-order valence-electron chi connectivity index (χ3n) is 3.50. The monoisotopic (exact) mass is 315 g/mol. The Labute approximate surface area is 133 Å². The van der Waals surface area contributed by atoms with Crippen molar-refractivity contribution in [2.75, 3.05) is 13.7 Å². The minimum atomic E-state index is -0.351. The highest BCUT2D eigenvalue weighted by Crippen LogP contribution is 2.39. The molecule has 0 aromatic heterocycles. The molecule has 0 spiro atoms. The fourth-order valence-electron chi connectivity index (χ4n) is 2.60. The highest BCUT2D eigenvalue weighted by Gasteiger charge is 2.27. The number of carbonyl (C=O) groups excluding carboxylic acids is 1. The zero-order valence-electron chi connectivity index (χ0n) is 12.2. The van der Waals surface area contributed by atoms with Gasteiger partial charge in [0.15, 0.2) is 0 Å². The Balaban J connectivity index is 2.17. The van der Waals surface area contributed by atoms with Crippen molar-refractivity contribution >= 4 is 23.3 Å². The molecule has 0 N–H and O–H groups in total. The van der Waals surface area contributed by atoms with Crippen molar-refractivity contribution in [3.8, 4) is 11.1 Å². The Morgan fingerprint density at radius 1 is 1.09 bits per heavy atom. The fraction of sp³-hybridized carbons (Fsp3) is 0.176. The SMILES string of the molecule is CCOC(=O)c1ccc2c(c1)/C(=N/OC)c1ccc(Cl)cc1-2. The van der Waals surface area contributed by atoms with Crippen LogP contribution in [0.5, 0.6) is 0 Å². The number of carbonyl (C=O) groups is 1. The lowest BCUT2D eigenvalue weighted by Crippen LogP contribution is -2.06. The predicted octanol–water partition coefficient (Wildman–Crippen LogP) is 3.90. The van der Waals surface area contributed by atoms with E-state index < -0.39 is 0 Å². The molecule has 0 bridgehead atoms. The van der Waals surface area contributed by atoms with Crippen molar-refractivity contribution in [1.82, 2.24) is 0 Å². The number of nitrogens with zero attached hydrogens (tertiary/aromatic N) is 1. The van der Waals surface area contributed by atoms with Gasteiger partial charge in [0.2, 0.25) is 0 Å². The summed E-state index contributed by atoms with van der Waals surface area (Å²) in [5, 5.41) is 4.75. The van der Waals surface area contributed by atoms with Gasteiger partial charge in [-0.1, -0.05) is 28.9 Å². The molecule has 22 heavy (non-hydrogen) atoms. The summed E-state index contributed by atoms with van der Waals surface area (Å²) in [4.78, 5) is 16.9. The summed E-state index contributed by atoms with van der Waals surface area (Å²) in [7, 11) is 1.50. The average molecular weight is 316 g/mol. The van der Waals surface area contributed by atoms with Gasteiger partial charge < -0.3 is 9.57 Å². The summed E-state index contributed by atoms with van der Waals surface area (Å²) in [5.41, 5.74) is 4.90. The van der Waals surface area contributed by atoms with E-state index in [0.717, 1.165) is 22.3 Å². The molecule has 4 nitrogen and oxygen atoms in total. The number of hydrogen-bond acceptors (Lipinski definition) is 4. The third kappa shape index (κ3) is 2.35. The minimum absolute atomic E-state index is 0.338. The van der Waals surface area contributed by atoms with Gasteiger partial charge in [0, 0.05) is 16.1 Å². The van der Waals surface area contributed by atoms with Gasteiger partial charge in [-0.05, 0) is 42.3 Å². The van der Waals surface area contributed by atoms with E-state index in [-0.39, 0.29) is 5.97 Å². The van der Waals surface area contributed by atoms with Crippen molar-refractivity contribution in [1.29, 1.82) is 0 Å². The van der Waals surface area contributed by atoms with Gasteiger partial charge in [0.05, 0.1) is 12.2 Å². The zero-order chi connectivity index (χ0) is 15.7. The predicted molar refractivity (Wildman–Crippen MR) is 85.5 cm³/mol. The second-order valence-corrected chi connectivity index (χ2v) is 5.23. The quantitative estimate of drug-likeness (QED) is 0.544. The molecule has 0 saturated heterocycles. The number of rotatable bonds is 3. The summed E-state index contributed by atoms with van der Waals surface area (Å²) in [6.45, 7) is 2.12. The maximum absolute atomic E-state index is 11.9. The van der Waals surface area contributed by atoms with Gasteiger partial charge in [0.25, 0.3) is 0 Å². The largest absolute Gasteiger partial charge is 0.462 e. The molecule has 0 radical (unpaired) electrons. The van der Waals surface area contributed by atoms with Crippen molar-refractivity contribution in [2.24, 2.45) is 5.16 Å². The number of halogens is 1.